The molecule has 0 fully saturated rings. The molecule has 0 aliphatic rings. The Bertz CT molecular complexity index is 524. The van der Waals surface area contributed by atoms with Crippen LogP contribution in [0.4, 0.5) is 0 Å². The summed E-state index contributed by atoms with van der Waals surface area (Å²) < 4.78 is 5.21. The molecule has 2 N–H and O–H groups in total. The van der Waals surface area contributed by atoms with E-state index in [-0.39, 0.29) is 11.5 Å². The van der Waals surface area contributed by atoms with Gasteiger partial charge in [0.25, 0.3) is 0 Å². The number of allylic oxidation sites excluding steroid dienone is 1. The molecule has 22 heavy (non-hydrogen) atoms. The highest BCUT2D eigenvalue weighted by atomic mass is 16.5. The van der Waals surface area contributed by atoms with E-state index in [0.717, 1.165) is 5.56 Å². The fourth-order valence-electron chi connectivity index (χ4n) is 2.33. The fraction of sp³-hybridized carbons (Fsp3) is 0.389. The van der Waals surface area contributed by atoms with Crippen molar-refractivity contribution >= 4 is 12.1 Å². The molecule has 1 aromatic carbocycles. The maximum atomic E-state index is 12.7. The zero-order valence-electron chi connectivity index (χ0n) is 13.2. The molecule has 4 nitrogen and oxygen atoms in total. The van der Waals surface area contributed by atoms with Crippen molar-refractivity contribution in [3.05, 3.63) is 55.2 Å². The van der Waals surface area contributed by atoms with Gasteiger partial charge in [0.2, 0.25) is 5.78 Å². The molecule has 0 spiro atoms. The zero-order chi connectivity index (χ0) is 16.8. The van der Waals surface area contributed by atoms with E-state index in [2.05, 4.69) is 13.5 Å². The van der Waals surface area contributed by atoms with E-state index in [0.29, 0.717) is 19.3 Å². The minimum absolute atomic E-state index is 0.0285. The summed E-state index contributed by atoms with van der Waals surface area (Å²) in [6, 6.07) is 9.42. The third kappa shape index (κ3) is 4.04. The number of rotatable bonds is 9. The van der Waals surface area contributed by atoms with Gasteiger partial charge >= 0.3 is 0 Å². The molecule has 1 radical (unpaired) electrons. The number of hydrogen-bond acceptors (Lipinski definition) is 4. The molecule has 3 unspecified atom stereocenters. The highest BCUT2D eigenvalue weighted by molar-refractivity contribution is 5.98. The van der Waals surface area contributed by atoms with Gasteiger partial charge in [-0.2, -0.15) is 0 Å². The minimum atomic E-state index is -1.37. The highest BCUT2D eigenvalue weighted by Crippen LogP contribution is 2.28. The van der Waals surface area contributed by atoms with Crippen molar-refractivity contribution in [3.63, 3.8) is 0 Å². The van der Waals surface area contributed by atoms with Gasteiger partial charge in [-0.15, -0.1) is 0 Å². The number of Topliss-reactive ketones (excluding diaryl/α,β-unsaturated/α-hetero) is 1. The number of carbonyl (C=O) groups excluding carboxylic acids is 2. The molecule has 119 valence electrons. The Morgan fingerprint density at radius 2 is 2.00 bits per heavy atom. The maximum Gasteiger partial charge on any atom is 0.202 e. The summed E-state index contributed by atoms with van der Waals surface area (Å²) in [6.45, 7) is 11.3. The van der Waals surface area contributed by atoms with Gasteiger partial charge in [0.1, 0.15) is 6.29 Å². The summed E-state index contributed by atoms with van der Waals surface area (Å²) in [5, 5.41) is 0. The van der Waals surface area contributed by atoms with E-state index in [4.69, 9.17) is 10.5 Å². The molecule has 0 heterocycles. The van der Waals surface area contributed by atoms with Crippen LogP contribution in [0.25, 0.3) is 0 Å². The molecule has 1 rings (SSSR count). The Hall–Kier alpha value is -1.94. The Labute approximate surface area is 132 Å². The topological polar surface area (TPSA) is 69.4 Å². The molecule has 4 heteroatoms. The standard InChI is InChI=1S/C18H24NO3/c1-5-22-14(4)17(21)16(18(19,12-20)13(2)3)11-15-9-7-6-8-10-15/h6-10,12-13,16H,2,4-5,11,19H2,1,3H3. The van der Waals surface area contributed by atoms with Crippen LogP contribution in [0.2, 0.25) is 0 Å². The number of nitrogens with two attached hydrogens (primary N) is 1. The van der Waals surface area contributed by atoms with Gasteiger partial charge in [-0.3, -0.25) is 4.79 Å². The van der Waals surface area contributed by atoms with Gasteiger partial charge in [0.05, 0.1) is 18.1 Å². The Morgan fingerprint density at radius 3 is 2.45 bits per heavy atom. The van der Waals surface area contributed by atoms with Crippen LogP contribution in [0.5, 0.6) is 0 Å². The predicted molar refractivity (Wildman–Crippen MR) is 86.9 cm³/mol. The van der Waals surface area contributed by atoms with Gasteiger partial charge in [0, 0.05) is 0 Å². The van der Waals surface area contributed by atoms with Crippen molar-refractivity contribution in [2.45, 2.75) is 25.8 Å². The molecular weight excluding hydrogens is 278 g/mol. The quantitative estimate of drug-likeness (QED) is 0.432. The fourth-order valence-corrected chi connectivity index (χ4v) is 2.33. The smallest absolute Gasteiger partial charge is 0.202 e. The summed E-state index contributed by atoms with van der Waals surface area (Å²) in [4.78, 5) is 24.3. The van der Waals surface area contributed by atoms with Crippen molar-refractivity contribution in [3.8, 4) is 0 Å². The second-order valence-electron chi connectivity index (χ2n) is 5.48. The van der Waals surface area contributed by atoms with Crippen molar-refractivity contribution < 1.29 is 14.3 Å². The van der Waals surface area contributed by atoms with Gasteiger partial charge in [0.15, 0.2) is 5.76 Å². The van der Waals surface area contributed by atoms with Crippen LogP contribution in [0, 0.1) is 18.8 Å². The number of carbonyl (C=O) groups is 2. The lowest BCUT2D eigenvalue weighted by Gasteiger charge is -2.35. The van der Waals surface area contributed by atoms with Crippen molar-refractivity contribution in [1.82, 2.24) is 0 Å². The first-order valence-electron chi connectivity index (χ1n) is 7.34. The van der Waals surface area contributed by atoms with Crippen LogP contribution in [0.3, 0.4) is 0 Å². The molecule has 0 saturated carbocycles. The van der Waals surface area contributed by atoms with Crippen molar-refractivity contribution in [2.24, 2.45) is 17.6 Å². The summed E-state index contributed by atoms with van der Waals surface area (Å²) in [7, 11) is 0. The average molecular weight is 302 g/mol. The van der Waals surface area contributed by atoms with Crippen LogP contribution < -0.4 is 5.73 Å². The summed E-state index contributed by atoms with van der Waals surface area (Å²) in [6.07, 6.45) is 0.955. The van der Waals surface area contributed by atoms with Crippen LogP contribution in [-0.4, -0.2) is 24.2 Å². The minimum Gasteiger partial charge on any atom is -0.491 e. The number of benzene rings is 1. The first kappa shape index (κ1) is 18.1. The molecule has 0 saturated heterocycles. The molecule has 0 bridgehead atoms. The van der Waals surface area contributed by atoms with Crippen LogP contribution in [0.15, 0.2) is 42.7 Å². The van der Waals surface area contributed by atoms with Crippen LogP contribution in [-0.2, 0) is 20.7 Å². The lowest BCUT2D eigenvalue weighted by molar-refractivity contribution is -0.129. The van der Waals surface area contributed by atoms with Crippen molar-refractivity contribution in [2.75, 3.05) is 6.61 Å². The largest absolute Gasteiger partial charge is 0.491 e. The highest BCUT2D eigenvalue weighted by Gasteiger charge is 2.43. The third-order valence-electron chi connectivity index (χ3n) is 3.85. The van der Waals surface area contributed by atoms with E-state index >= 15 is 0 Å². The first-order chi connectivity index (χ1) is 10.4. The third-order valence-corrected chi connectivity index (χ3v) is 3.85. The monoisotopic (exact) mass is 302 g/mol. The van der Waals surface area contributed by atoms with E-state index < -0.39 is 17.4 Å². The number of ether oxygens (including phenoxy) is 1. The Kier molecular flexibility index (Phi) is 6.50. The van der Waals surface area contributed by atoms with Crippen LogP contribution in [0.1, 0.15) is 19.4 Å². The van der Waals surface area contributed by atoms with E-state index in [1.54, 1.807) is 13.8 Å². The molecule has 0 amide bonds. The summed E-state index contributed by atoms with van der Waals surface area (Å²) in [5.41, 5.74) is 5.77. The maximum absolute atomic E-state index is 12.7. The van der Waals surface area contributed by atoms with E-state index in [9.17, 15) is 9.59 Å². The van der Waals surface area contributed by atoms with Gasteiger partial charge in [-0.05, 0) is 31.7 Å². The predicted octanol–water partition coefficient (Wildman–Crippen LogP) is 2.33. The van der Waals surface area contributed by atoms with E-state index in [1.165, 1.54) is 0 Å². The van der Waals surface area contributed by atoms with Gasteiger partial charge in [-0.25, -0.2) is 0 Å². The van der Waals surface area contributed by atoms with Gasteiger partial charge in [-0.1, -0.05) is 43.8 Å². The number of ketones is 1. The second kappa shape index (κ2) is 7.90. The summed E-state index contributed by atoms with van der Waals surface area (Å²) in [5.74, 6) is -1.52. The zero-order valence-corrected chi connectivity index (χ0v) is 13.2. The molecule has 3 atom stereocenters. The van der Waals surface area contributed by atoms with Gasteiger partial charge < -0.3 is 15.3 Å². The SMILES string of the molecule is [CH2]C(C)C(N)(C=O)C(Cc1ccccc1)C(=O)C(=C)OCC. The molecule has 0 aliphatic heterocycles. The first-order valence-corrected chi connectivity index (χ1v) is 7.34. The molecular formula is C18H24NO3. The lowest BCUT2D eigenvalue weighted by atomic mass is 9.72. The second-order valence-corrected chi connectivity index (χ2v) is 5.48. The van der Waals surface area contributed by atoms with Crippen LogP contribution >= 0.6 is 0 Å². The normalized spacial score (nSPS) is 15.0. The Morgan fingerprint density at radius 1 is 1.41 bits per heavy atom. The van der Waals surface area contributed by atoms with Crippen molar-refractivity contribution in [1.29, 1.82) is 0 Å². The molecule has 0 aromatic heterocycles. The average Bonchev–Trinajstić information content (AvgIpc) is 2.52. The van der Waals surface area contributed by atoms with E-state index in [1.807, 2.05) is 30.3 Å². The lowest BCUT2D eigenvalue weighted by Crippen LogP contribution is -2.57. The number of hydrogen-bond donors (Lipinski definition) is 1. The Balaban J connectivity index is 3.17. The summed E-state index contributed by atoms with van der Waals surface area (Å²) >= 11 is 0. The molecule has 0 aliphatic carbocycles. The molecule has 1 aromatic rings. The number of aldehydes is 1.